The molecule has 2 unspecified atom stereocenters. The van der Waals surface area contributed by atoms with Crippen LogP contribution < -0.4 is 0 Å². The van der Waals surface area contributed by atoms with Gasteiger partial charge in [-0.15, -0.1) is 0 Å². The minimum Gasteiger partial charge on any atom is -0.346 e. The van der Waals surface area contributed by atoms with E-state index in [0.29, 0.717) is 5.56 Å². The summed E-state index contributed by atoms with van der Waals surface area (Å²) < 4.78 is 47.7. The minimum absolute atomic E-state index is 0.205. The summed E-state index contributed by atoms with van der Waals surface area (Å²) >= 11 is 0. The molecule has 1 aliphatic heterocycles. The second kappa shape index (κ2) is 4.96. The Labute approximate surface area is 102 Å². The largest absolute Gasteiger partial charge is 0.416 e. The average Bonchev–Trinajstić information content (AvgIpc) is 2.77. The van der Waals surface area contributed by atoms with E-state index in [4.69, 9.17) is 14.7 Å². The molecule has 2 atom stereocenters. The molecule has 1 aromatic carbocycles. The van der Waals surface area contributed by atoms with Gasteiger partial charge in [-0.3, -0.25) is 0 Å². The summed E-state index contributed by atoms with van der Waals surface area (Å²) in [5, 5.41) is 8.50. The van der Waals surface area contributed by atoms with Crippen molar-refractivity contribution in [1.29, 1.82) is 5.26 Å². The minimum atomic E-state index is -4.35. The lowest BCUT2D eigenvalue weighted by Gasteiger charge is -2.12. The SMILES string of the molecule is N#CCC1COC(c2ccc(C(F)(F)F)cc2)O1. The Morgan fingerprint density at radius 3 is 2.50 bits per heavy atom. The van der Waals surface area contributed by atoms with E-state index in [-0.39, 0.29) is 19.1 Å². The molecule has 0 aliphatic carbocycles. The van der Waals surface area contributed by atoms with Gasteiger partial charge in [-0.1, -0.05) is 12.1 Å². The molecule has 1 fully saturated rings. The molecule has 6 heteroatoms. The Morgan fingerprint density at radius 1 is 1.28 bits per heavy atom. The molecule has 0 N–H and O–H groups in total. The molecule has 18 heavy (non-hydrogen) atoms. The average molecular weight is 257 g/mol. The lowest BCUT2D eigenvalue weighted by Crippen LogP contribution is -2.08. The van der Waals surface area contributed by atoms with Crippen LogP contribution in [-0.2, 0) is 15.7 Å². The van der Waals surface area contributed by atoms with Crippen LogP contribution in [0.2, 0.25) is 0 Å². The summed E-state index contributed by atoms with van der Waals surface area (Å²) in [4.78, 5) is 0. The predicted octanol–water partition coefficient (Wildman–Crippen LogP) is 3.03. The van der Waals surface area contributed by atoms with Crippen LogP contribution >= 0.6 is 0 Å². The third-order valence-corrected chi connectivity index (χ3v) is 2.58. The number of alkyl halides is 3. The van der Waals surface area contributed by atoms with Crippen molar-refractivity contribution in [2.24, 2.45) is 0 Å². The summed E-state index contributed by atoms with van der Waals surface area (Å²) in [6, 6.07) is 6.57. The molecule has 1 aromatic rings. The molecule has 0 saturated carbocycles. The van der Waals surface area contributed by atoms with Gasteiger partial charge in [0.1, 0.15) is 0 Å². The maximum Gasteiger partial charge on any atom is 0.416 e. The van der Waals surface area contributed by atoms with Crippen molar-refractivity contribution in [2.45, 2.75) is 25.0 Å². The van der Waals surface area contributed by atoms with Gasteiger partial charge in [0.2, 0.25) is 0 Å². The fourth-order valence-electron chi connectivity index (χ4n) is 1.66. The molecule has 0 aromatic heterocycles. The number of benzene rings is 1. The second-order valence-corrected chi connectivity index (χ2v) is 3.91. The number of rotatable bonds is 2. The van der Waals surface area contributed by atoms with Crippen LogP contribution in [0.5, 0.6) is 0 Å². The molecule has 1 saturated heterocycles. The number of nitriles is 1. The predicted molar refractivity (Wildman–Crippen MR) is 55.2 cm³/mol. The topological polar surface area (TPSA) is 42.2 Å². The van der Waals surface area contributed by atoms with E-state index < -0.39 is 18.0 Å². The molecule has 2 rings (SSSR count). The van der Waals surface area contributed by atoms with Crippen LogP contribution in [0.15, 0.2) is 24.3 Å². The van der Waals surface area contributed by atoms with Gasteiger partial charge in [0.25, 0.3) is 0 Å². The van der Waals surface area contributed by atoms with Crippen molar-refractivity contribution in [3.8, 4) is 6.07 Å². The zero-order chi connectivity index (χ0) is 13.2. The summed E-state index contributed by atoms with van der Waals surface area (Å²) in [5.41, 5.74) is -0.193. The zero-order valence-corrected chi connectivity index (χ0v) is 9.28. The van der Waals surface area contributed by atoms with Crippen LogP contribution in [0.3, 0.4) is 0 Å². The van der Waals surface area contributed by atoms with E-state index in [1.807, 2.05) is 6.07 Å². The number of hydrogen-bond donors (Lipinski definition) is 0. The highest BCUT2D eigenvalue weighted by Gasteiger charge is 2.31. The Hall–Kier alpha value is -1.58. The van der Waals surface area contributed by atoms with E-state index in [9.17, 15) is 13.2 Å². The highest BCUT2D eigenvalue weighted by Crippen LogP contribution is 2.32. The Kier molecular flexibility index (Phi) is 3.55. The van der Waals surface area contributed by atoms with E-state index in [1.165, 1.54) is 12.1 Å². The van der Waals surface area contributed by atoms with Gasteiger partial charge in [0, 0.05) is 5.56 Å². The number of hydrogen-bond acceptors (Lipinski definition) is 3. The molecule has 0 radical (unpaired) electrons. The molecule has 0 spiro atoms. The summed E-state index contributed by atoms with van der Waals surface area (Å²) in [6.07, 6.45) is -5.15. The first-order valence-electron chi connectivity index (χ1n) is 5.32. The summed E-state index contributed by atoms with van der Waals surface area (Å²) in [6.45, 7) is 0.277. The Bertz CT molecular complexity index is 450. The summed E-state index contributed by atoms with van der Waals surface area (Å²) in [7, 11) is 0. The van der Waals surface area contributed by atoms with E-state index >= 15 is 0 Å². The fourth-order valence-corrected chi connectivity index (χ4v) is 1.66. The van der Waals surface area contributed by atoms with Crippen molar-refractivity contribution in [2.75, 3.05) is 6.61 Å². The molecule has 0 bridgehead atoms. The first-order chi connectivity index (χ1) is 8.50. The summed E-state index contributed by atoms with van der Waals surface area (Å²) in [5.74, 6) is 0. The molecule has 3 nitrogen and oxygen atoms in total. The van der Waals surface area contributed by atoms with Crippen molar-refractivity contribution in [1.82, 2.24) is 0 Å². The maximum atomic E-state index is 12.4. The van der Waals surface area contributed by atoms with Crippen molar-refractivity contribution >= 4 is 0 Å². The highest BCUT2D eigenvalue weighted by molar-refractivity contribution is 5.25. The molecule has 1 heterocycles. The fraction of sp³-hybridized carbons (Fsp3) is 0.417. The van der Waals surface area contributed by atoms with Crippen LogP contribution in [0.4, 0.5) is 13.2 Å². The first-order valence-corrected chi connectivity index (χ1v) is 5.32. The number of ether oxygens (including phenoxy) is 2. The standard InChI is InChI=1S/C12H10F3NO2/c13-12(14,15)9-3-1-8(2-4-9)11-17-7-10(18-11)5-6-16/h1-4,10-11H,5,7H2. The zero-order valence-electron chi connectivity index (χ0n) is 9.28. The van der Waals surface area contributed by atoms with Crippen LogP contribution in [0, 0.1) is 11.3 Å². The highest BCUT2D eigenvalue weighted by atomic mass is 19.4. The number of nitrogens with zero attached hydrogens (tertiary/aromatic N) is 1. The molecular formula is C12H10F3NO2. The maximum absolute atomic E-state index is 12.4. The van der Waals surface area contributed by atoms with Crippen molar-refractivity contribution in [3.63, 3.8) is 0 Å². The van der Waals surface area contributed by atoms with Gasteiger partial charge >= 0.3 is 6.18 Å². The lowest BCUT2D eigenvalue weighted by atomic mass is 10.1. The van der Waals surface area contributed by atoms with Gasteiger partial charge in [-0.25, -0.2) is 0 Å². The van der Waals surface area contributed by atoms with Gasteiger partial charge in [0.15, 0.2) is 6.29 Å². The Morgan fingerprint density at radius 2 is 1.94 bits per heavy atom. The van der Waals surface area contributed by atoms with Crippen molar-refractivity contribution < 1.29 is 22.6 Å². The van der Waals surface area contributed by atoms with Gasteiger partial charge < -0.3 is 9.47 Å². The second-order valence-electron chi connectivity index (χ2n) is 3.91. The first kappa shape index (κ1) is 12.9. The van der Waals surface area contributed by atoms with Gasteiger partial charge in [-0.2, -0.15) is 18.4 Å². The van der Waals surface area contributed by atoms with E-state index in [2.05, 4.69) is 0 Å². The van der Waals surface area contributed by atoms with Crippen LogP contribution in [0.1, 0.15) is 23.8 Å². The van der Waals surface area contributed by atoms with Crippen molar-refractivity contribution in [3.05, 3.63) is 35.4 Å². The quantitative estimate of drug-likeness (QED) is 0.817. The third-order valence-electron chi connectivity index (χ3n) is 2.58. The van der Waals surface area contributed by atoms with E-state index in [1.54, 1.807) is 0 Å². The van der Waals surface area contributed by atoms with E-state index in [0.717, 1.165) is 12.1 Å². The molecule has 96 valence electrons. The van der Waals surface area contributed by atoms with Crippen LogP contribution in [0.25, 0.3) is 0 Å². The lowest BCUT2D eigenvalue weighted by molar-refractivity contribution is -0.137. The third kappa shape index (κ3) is 2.81. The van der Waals surface area contributed by atoms with Crippen LogP contribution in [-0.4, -0.2) is 12.7 Å². The monoisotopic (exact) mass is 257 g/mol. The normalized spacial score (nSPS) is 23.9. The molecule has 0 amide bonds. The molecule has 1 aliphatic rings. The Balaban J connectivity index is 2.05. The van der Waals surface area contributed by atoms with Gasteiger partial charge in [-0.05, 0) is 12.1 Å². The smallest absolute Gasteiger partial charge is 0.346 e. The molecular weight excluding hydrogens is 247 g/mol. The van der Waals surface area contributed by atoms with Gasteiger partial charge in [0.05, 0.1) is 30.8 Å². The number of halogens is 3.